The molecule has 0 aliphatic heterocycles. The van der Waals surface area contributed by atoms with E-state index < -0.39 is 0 Å². The van der Waals surface area contributed by atoms with Crippen molar-refractivity contribution >= 4 is 36.3 Å². The first-order chi connectivity index (χ1) is 10.1. The highest BCUT2D eigenvalue weighted by Crippen LogP contribution is 2.16. The molecule has 0 unspecified atom stereocenters. The molecule has 5 heteroatoms. The van der Waals surface area contributed by atoms with Gasteiger partial charge in [-0.15, -0.1) is 0 Å². The number of anilines is 1. The third kappa shape index (κ3) is 4.37. The second-order valence-electron chi connectivity index (χ2n) is 4.84. The van der Waals surface area contributed by atoms with Crippen molar-refractivity contribution in [3.63, 3.8) is 0 Å². The third-order valence-electron chi connectivity index (χ3n) is 3.17. The van der Waals surface area contributed by atoms with Gasteiger partial charge in [0, 0.05) is 19.2 Å². The van der Waals surface area contributed by atoms with Gasteiger partial charge < -0.3 is 14.9 Å². The van der Waals surface area contributed by atoms with Gasteiger partial charge in [0.25, 0.3) is 0 Å². The zero-order chi connectivity index (χ0) is 15.2. The quantitative estimate of drug-likeness (QED) is 0.747. The molecular formula is C16H19N3S2. The highest BCUT2D eigenvalue weighted by molar-refractivity contribution is 7.72. The summed E-state index contributed by atoms with van der Waals surface area (Å²) in [5.41, 5.74) is 2.37. The van der Waals surface area contributed by atoms with Crippen molar-refractivity contribution in [3.8, 4) is 0 Å². The SMILES string of the molecule is C=Cc1ccc(CN(CCC)c2cc(=S)[nH]c(=S)[nH]2)cc1. The van der Waals surface area contributed by atoms with E-state index in [1.54, 1.807) is 0 Å². The van der Waals surface area contributed by atoms with Crippen LogP contribution in [-0.2, 0) is 6.54 Å². The van der Waals surface area contributed by atoms with Gasteiger partial charge in [-0.3, -0.25) is 0 Å². The number of hydrogen-bond donors (Lipinski definition) is 2. The van der Waals surface area contributed by atoms with Gasteiger partial charge in [0.2, 0.25) is 0 Å². The van der Waals surface area contributed by atoms with Crippen LogP contribution in [-0.4, -0.2) is 16.5 Å². The summed E-state index contributed by atoms with van der Waals surface area (Å²) < 4.78 is 1.21. The summed E-state index contributed by atoms with van der Waals surface area (Å²) >= 11 is 10.4. The molecular weight excluding hydrogens is 298 g/mol. The van der Waals surface area contributed by atoms with E-state index >= 15 is 0 Å². The van der Waals surface area contributed by atoms with Crippen LogP contribution in [0.2, 0.25) is 0 Å². The van der Waals surface area contributed by atoms with Crippen molar-refractivity contribution < 1.29 is 0 Å². The number of nitrogens with one attached hydrogen (secondary N) is 2. The van der Waals surface area contributed by atoms with Crippen molar-refractivity contribution in [2.45, 2.75) is 19.9 Å². The molecule has 0 aliphatic rings. The highest BCUT2D eigenvalue weighted by Gasteiger charge is 2.07. The standard InChI is InChI=1S/C16H19N3S2/c1-3-9-19(14-10-15(20)18-16(21)17-14)11-13-7-5-12(4-2)6-8-13/h4-8,10H,2-3,9,11H2,1H3,(H2,17,18,20,21). The van der Waals surface area contributed by atoms with Crippen LogP contribution < -0.4 is 4.90 Å². The first-order valence-electron chi connectivity index (χ1n) is 6.92. The summed E-state index contributed by atoms with van der Waals surface area (Å²) in [6.45, 7) is 7.69. The van der Waals surface area contributed by atoms with E-state index in [9.17, 15) is 0 Å². The van der Waals surface area contributed by atoms with E-state index in [1.807, 2.05) is 12.1 Å². The van der Waals surface area contributed by atoms with Crippen molar-refractivity contribution in [1.29, 1.82) is 0 Å². The van der Waals surface area contributed by atoms with Crippen LogP contribution in [0.15, 0.2) is 36.9 Å². The fraction of sp³-hybridized carbons (Fsp3) is 0.250. The molecule has 0 radical (unpaired) electrons. The zero-order valence-corrected chi connectivity index (χ0v) is 13.7. The molecule has 0 atom stereocenters. The molecule has 1 aromatic heterocycles. The van der Waals surface area contributed by atoms with E-state index in [0.717, 1.165) is 30.9 Å². The number of aromatic amines is 2. The summed E-state index contributed by atoms with van der Waals surface area (Å²) in [7, 11) is 0. The minimum absolute atomic E-state index is 0.556. The topological polar surface area (TPSA) is 34.8 Å². The summed E-state index contributed by atoms with van der Waals surface area (Å²) in [6, 6.07) is 10.3. The van der Waals surface area contributed by atoms with Crippen molar-refractivity contribution in [3.05, 3.63) is 57.4 Å². The van der Waals surface area contributed by atoms with Crippen LogP contribution in [0, 0.1) is 9.41 Å². The zero-order valence-electron chi connectivity index (χ0n) is 12.1. The Bertz CT molecular complexity index is 685. The van der Waals surface area contributed by atoms with Gasteiger partial charge in [0.05, 0.1) is 0 Å². The van der Waals surface area contributed by atoms with Gasteiger partial charge >= 0.3 is 0 Å². The van der Waals surface area contributed by atoms with Crippen LogP contribution in [0.25, 0.3) is 6.08 Å². The summed E-state index contributed by atoms with van der Waals surface area (Å²) in [5, 5.41) is 0. The van der Waals surface area contributed by atoms with E-state index in [2.05, 4.69) is 52.6 Å². The Morgan fingerprint density at radius 2 is 1.90 bits per heavy atom. The van der Waals surface area contributed by atoms with Gasteiger partial charge in [-0.05, 0) is 29.8 Å². The van der Waals surface area contributed by atoms with Gasteiger partial charge in [-0.1, -0.05) is 56.1 Å². The third-order valence-corrected chi connectivity index (χ3v) is 3.59. The van der Waals surface area contributed by atoms with E-state index in [0.29, 0.717) is 9.41 Å². The lowest BCUT2D eigenvalue weighted by molar-refractivity contribution is 0.751. The molecule has 0 saturated heterocycles. The molecule has 2 rings (SSSR count). The summed E-state index contributed by atoms with van der Waals surface area (Å²) in [4.78, 5) is 8.35. The lowest BCUT2D eigenvalue weighted by atomic mass is 10.1. The lowest BCUT2D eigenvalue weighted by Crippen LogP contribution is -2.24. The number of nitrogens with zero attached hydrogens (tertiary/aromatic N) is 1. The summed E-state index contributed by atoms with van der Waals surface area (Å²) in [5.74, 6) is 0.957. The Morgan fingerprint density at radius 3 is 2.48 bits per heavy atom. The smallest absolute Gasteiger partial charge is 0.177 e. The number of rotatable bonds is 6. The maximum Gasteiger partial charge on any atom is 0.177 e. The van der Waals surface area contributed by atoms with Crippen LogP contribution in [0.1, 0.15) is 24.5 Å². The van der Waals surface area contributed by atoms with Crippen molar-refractivity contribution in [1.82, 2.24) is 9.97 Å². The van der Waals surface area contributed by atoms with Crippen LogP contribution in [0.4, 0.5) is 5.82 Å². The Kier molecular flexibility index (Phi) is 5.47. The van der Waals surface area contributed by atoms with Crippen LogP contribution >= 0.6 is 24.4 Å². The molecule has 2 N–H and O–H groups in total. The number of hydrogen-bond acceptors (Lipinski definition) is 3. The maximum absolute atomic E-state index is 5.21. The second kappa shape index (κ2) is 7.33. The fourth-order valence-corrected chi connectivity index (χ4v) is 2.65. The fourth-order valence-electron chi connectivity index (χ4n) is 2.16. The first-order valence-corrected chi connectivity index (χ1v) is 7.74. The molecule has 0 spiro atoms. The van der Waals surface area contributed by atoms with Gasteiger partial charge in [0.1, 0.15) is 10.5 Å². The van der Waals surface area contributed by atoms with Crippen molar-refractivity contribution in [2.24, 2.45) is 0 Å². The predicted octanol–water partition coefficient (Wildman–Crippen LogP) is 4.86. The van der Waals surface area contributed by atoms with Crippen LogP contribution in [0.3, 0.4) is 0 Å². The lowest BCUT2D eigenvalue weighted by Gasteiger charge is -2.24. The summed E-state index contributed by atoms with van der Waals surface area (Å²) in [6.07, 6.45) is 2.90. The highest BCUT2D eigenvalue weighted by atomic mass is 32.1. The number of benzene rings is 1. The molecule has 0 bridgehead atoms. The number of H-pyrrole nitrogens is 2. The minimum Gasteiger partial charge on any atom is -0.354 e. The molecule has 0 saturated carbocycles. The number of aromatic nitrogens is 2. The Balaban J connectivity index is 2.27. The molecule has 1 heterocycles. The largest absolute Gasteiger partial charge is 0.354 e. The minimum atomic E-state index is 0.556. The molecule has 3 nitrogen and oxygen atoms in total. The van der Waals surface area contributed by atoms with Gasteiger partial charge in [-0.25, -0.2) is 0 Å². The molecule has 0 amide bonds. The molecule has 2 aromatic rings. The molecule has 1 aromatic carbocycles. The Labute approximate surface area is 135 Å². The average Bonchev–Trinajstić information content (AvgIpc) is 2.46. The second-order valence-corrected chi connectivity index (χ2v) is 5.69. The van der Waals surface area contributed by atoms with E-state index in [-0.39, 0.29) is 0 Å². The van der Waals surface area contributed by atoms with Gasteiger partial charge in [-0.2, -0.15) is 0 Å². The maximum atomic E-state index is 5.21. The van der Waals surface area contributed by atoms with E-state index in [4.69, 9.17) is 24.4 Å². The molecule has 110 valence electrons. The monoisotopic (exact) mass is 317 g/mol. The normalized spacial score (nSPS) is 10.3. The predicted molar refractivity (Wildman–Crippen MR) is 94.7 cm³/mol. The Hall–Kier alpha value is -1.72. The first kappa shape index (κ1) is 15.7. The van der Waals surface area contributed by atoms with Crippen molar-refractivity contribution in [2.75, 3.05) is 11.4 Å². The molecule has 0 aliphatic carbocycles. The average molecular weight is 317 g/mol. The molecule has 21 heavy (non-hydrogen) atoms. The van der Waals surface area contributed by atoms with Gasteiger partial charge in [0.15, 0.2) is 4.77 Å². The Morgan fingerprint density at radius 1 is 1.19 bits per heavy atom. The molecule has 0 fully saturated rings. The van der Waals surface area contributed by atoms with Crippen LogP contribution in [0.5, 0.6) is 0 Å². The van der Waals surface area contributed by atoms with E-state index in [1.165, 1.54) is 5.56 Å².